The molecule has 0 aromatic rings. The molecule has 0 radical (unpaired) electrons. The van der Waals surface area contributed by atoms with Crippen LogP contribution in [0.15, 0.2) is 0 Å². The van der Waals surface area contributed by atoms with Gasteiger partial charge in [0.05, 0.1) is 0 Å². The van der Waals surface area contributed by atoms with Crippen molar-refractivity contribution < 1.29 is 62.0 Å². The van der Waals surface area contributed by atoms with E-state index in [0.29, 0.717) is 6.61 Å². The third kappa shape index (κ3) is 17.7. The Bertz CT molecular complexity index is 30.2. The molecule has 0 amide bonds. The Balaban J connectivity index is -0.000000180. The number of aliphatic hydroxyl groups excluding tert-OH is 1. The van der Waals surface area contributed by atoms with Crippen LogP contribution in [-0.2, 0) is 0 Å². The first-order chi connectivity index (χ1) is 3.41. The summed E-state index contributed by atoms with van der Waals surface area (Å²) in [7, 11) is 0. The molecule has 52 valence electrons. The molecule has 0 aromatic carbocycles. The molecule has 0 saturated heterocycles. The third-order valence-electron chi connectivity index (χ3n) is 1.01. The molecule has 0 aliphatic rings. The van der Waals surface area contributed by atoms with Gasteiger partial charge in [0.2, 0.25) is 0 Å². The summed E-state index contributed by atoms with van der Waals surface area (Å²) in [6.45, 7) is 2.53. The molecule has 0 fully saturated rings. The molecular weight excluding hydrogens is 143 g/mol. The summed E-state index contributed by atoms with van der Waals surface area (Å²) >= 11 is 0. The minimum absolute atomic E-state index is 0. The molecule has 0 aliphatic heterocycles. The van der Waals surface area contributed by atoms with E-state index in [1.165, 1.54) is 19.3 Å². The summed E-state index contributed by atoms with van der Waals surface area (Å²) in [5.41, 5.74) is 0. The standard InChI is InChI=1S/C6H14O.K.H2O/c1-2-3-4-5-6-7;;/h7H,2-6H2,1H3;;1H2/q;+1;/p-1. The maximum atomic E-state index is 8.29. The summed E-state index contributed by atoms with van der Waals surface area (Å²) in [6, 6.07) is 0. The summed E-state index contributed by atoms with van der Waals surface area (Å²) in [4.78, 5) is 0. The minimum Gasteiger partial charge on any atom is -0.870 e. The van der Waals surface area contributed by atoms with Gasteiger partial charge in [0.25, 0.3) is 0 Å². The molecular formula is C6H15KO2. The molecule has 0 saturated carbocycles. The van der Waals surface area contributed by atoms with Crippen LogP contribution in [0.3, 0.4) is 0 Å². The van der Waals surface area contributed by atoms with Crippen molar-refractivity contribution >= 4 is 0 Å². The predicted octanol–water partition coefficient (Wildman–Crippen LogP) is -1.61. The SMILES string of the molecule is CCCCCCO.[K+].[OH-]. The van der Waals surface area contributed by atoms with E-state index in [4.69, 9.17) is 5.11 Å². The van der Waals surface area contributed by atoms with Crippen LogP contribution >= 0.6 is 0 Å². The fourth-order valence-corrected chi connectivity index (χ4v) is 0.539. The van der Waals surface area contributed by atoms with Crippen molar-refractivity contribution in [3.63, 3.8) is 0 Å². The molecule has 0 heterocycles. The number of rotatable bonds is 4. The Hall–Kier alpha value is 1.56. The fraction of sp³-hybridized carbons (Fsp3) is 1.00. The second-order valence-corrected chi connectivity index (χ2v) is 1.78. The van der Waals surface area contributed by atoms with Gasteiger partial charge in [0, 0.05) is 6.61 Å². The van der Waals surface area contributed by atoms with Crippen LogP contribution in [-0.4, -0.2) is 17.2 Å². The van der Waals surface area contributed by atoms with Crippen molar-refractivity contribution in [2.75, 3.05) is 6.61 Å². The van der Waals surface area contributed by atoms with Crippen LogP contribution in [0.2, 0.25) is 0 Å². The molecule has 0 atom stereocenters. The van der Waals surface area contributed by atoms with Gasteiger partial charge in [-0.3, -0.25) is 0 Å². The van der Waals surface area contributed by atoms with Gasteiger partial charge in [-0.15, -0.1) is 0 Å². The second-order valence-electron chi connectivity index (χ2n) is 1.78. The van der Waals surface area contributed by atoms with E-state index in [2.05, 4.69) is 6.92 Å². The molecule has 2 N–H and O–H groups in total. The summed E-state index contributed by atoms with van der Waals surface area (Å²) in [6.07, 6.45) is 4.68. The molecule has 3 heteroatoms. The van der Waals surface area contributed by atoms with Crippen LogP contribution in [0.25, 0.3) is 0 Å². The van der Waals surface area contributed by atoms with Crippen LogP contribution in [0, 0.1) is 0 Å². The second kappa shape index (κ2) is 16.3. The number of hydrogen-bond donors (Lipinski definition) is 1. The van der Waals surface area contributed by atoms with Crippen LogP contribution < -0.4 is 51.4 Å². The van der Waals surface area contributed by atoms with Gasteiger partial charge in [-0.2, -0.15) is 0 Å². The topological polar surface area (TPSA) is 50.2 Å². The summed E-state index contributed by atoms with van der Waals surface area (Å²) in [5.74, 6) is 0. The first-order valence-corrected chi connectivity index (χ1v) is 3.02. The Morgan fingerprint density at radius 3 is 2.00 bits per heavy atom. The zero-order chi connectivity index (χ0) is 5.54. The molecule has 0 aromatic heterocycles. The predicted molar refractivity (Wildman–Crippen MR) is 33.2 cm³/mol. The average molecular weight is 158 g/mol. The van der Waals surface area contributed by atoms with Crippen LogP contribution in [0.1, 0.15) is 32.6 Å². The zero-order valence-corrected chi connectivity index (χ0v) is 9.55. The van der Waals surface area contributed by atoms with E-state index in [1.807, 2.05) is 0 Å². The Kier molecular flexibility index (Phi) is 30.5. The van der Waals surface area contributed by atoms with Crippen LogP contribution in [0.4, 0.5) is 0 Å². The van der Waals surface area contributed by atoms with Gasteiger partial charge in [0.1, 0.15) is 0 Å². The first-order valence-electron chi connectivity index (χ1n) is 3.02. The fourth-order valence-electron chi connectivity index (χ4n) is 0.539. The normalized spacial score (nSPS) is 7.33. The Labute approximate surface area is 99.8 Å². The van der Waals surface area contributed by atoms with Crippen molar-refractivity contribution in [3.05, 3.63) is 0 Å². The van der Waals surface area contributed by atoms with Gasteiger partial charge < -0.3 is 10.6 Å². The van der Waals surface area contributed by atoms with E-state index in [9.17, 15) is 0 Å². The number of hydrogen-bond acceptors (Lipinski definition) is 2. The van der Waals surface area contributed by atoms with E-state index in [0.717, 1.165) is 6.42 Å². The summed E-state index contributed by atoms with van der Waals surface area (Å²) < 4.78 is 0. The molecule has 9 heavy (non-hydrogen) atoms. The van der Waals surface area contributed by atoms with Gasteiger partial charge >= 0.3 is 51.4 Å². The van der Waals surface area contributed by atoms with Gasteiger partial charge in [-0.1, -0.05) is 26.2 Å². The van der Waals surface area contributed by atoms with E-state index in [1.54, 1.807) is 0 Å². The van der Waals surface area contributed by atoms with Gasteiger partial charge in [0.15, 0.2) is 0 Å². The third-order valence-corrected chi connectivity index (χ3v) is 1.01. The number of aliphatic hydroxyl groups is 1. The minimum atomic E-state index is 0. The summed E-state index contributed by atoms with van der Waals surface area (Å²) in [5, 5.41) is 8.29. The molecule has 0 bridgehead atoms. The smallest absolute Gasteiger partial charge is 0.870 e. The quantitative estimate of drug-likeness (QED) is 0.395. The van der Waals surface area contributed by atoms with Gasteiger partial charge in [-0.05, 0) is 6.42 Å². The average Bonchev–Trinajstić information content (AvgIpc) is 1.69. The monoisotopic (exact) mass is 158 g/mol. The Morgan fingerprint density at radius 1 is 1.11 bits per heavy atom. The van der Waals surface area contributed by atoms with E-state index >= 15 is 0 Å². The Morgan fingerprint density at radius 2 is 1.67 bits per heavy atom. The van der Waals surface area contributed by atoms with Gasteiger partial charge in [-0.25, -0.2) is 0 Å². The van der Waals surface area contributed by atoms with E-state index in [-0.39, 0.29) is 56.9 Å². The molecule has 0 rings (SSSR count). The molecule has 0 aliphatic carbocycles. The van der Waals surface area contributed by atoms with E-state index < -0.39 is 0 Å². The molecule has 0 unspecified atom stereocenters. The maximum Gasteiger partial charge on any atom is 1.00 e. The van der Waals surface area contributed by atoms with Crippen molar-refractivity contribution in [2.24, 2.45) is 0 Å². The molecule has 2 nitrogen and oxygen atoms in total. The number of unbranched alkanes of at least 4 members (excludes halogenated alkanes) is 3. The zero-order valence-electron chi connectivity index (χ0n) is 6.43. The van der Waals surface area contributed by atoms with Crippen molar-refractivity contribution in [1.29, 1.82) is 0 Å². The largest absolute Gasteiger partial charge is 1.00 e. The molecule has 0 spiro atoms. The maximum absolute atomic E-state index is 8.29. The first kappa shape index (κ1) is 16.9. The van der Waals surface area contributed by atoms with Crippen LogP contribution in [0.5, 0.6) is 0 Å². The van der Waals surface area contributed by atoms with Crippen molar-refractivity contribution in [2.45, 2.75) is 32.6 Å². The van der Waals surface area contributed by atoms with Crippen molar-refractivity contribution in [1.82, 2.24) is 0 Å². The van der Waals surface area contributed by atoms with Crippen molar-refractivity contribution in [3.8, 4) is 0 Å².